The molecule has 2 N–H and O–H groups in total. The molecule has 0 aromatic heterocycles. The molecule has 0 unspecified atom stereocenters. The molecule has 112 valence electrons. The summed E-state index contributed by atoms with van der Waals surface area (Å²) in [5, 5.41) is 0. The number of hydrogen-bond acceptors (Lipinski definition) is 2. The smallest absolute Gasteiger partial charge is 0.239 e. The van der Waals surface area contributed by atoms with Gasteiger partial charge in [-0.05, 0) is 36.8 Å². The maximum absolute atomic E-state index is 12.1. The Kier molecular flexibility index (Phi) is 6.03. The van der Waals surface area contributed by atoms with E-state index in [1.165, 1.54) is 11.1 Å². The number of benzene rings is 1. The molecule has 3 nitrogen and oxygen atoms in total. The van der Waals surface area contributed by atoms with Crippen LogP contribution in [0.3, 0.4) is 0 Å². The predicted molar refractivity (Wildman–Crippen MR) is 85.0 cm³/mol. The SMILES string of the molecule is CC(C)c1ccc(CN(C(=O)[C@@H](C)N)C2CC2)cc1.Cl. The summed E-state index contributed by atoms with van der Waals surface area (Å²) in [4.78, 5) is 14.0. The van der Waals surface area contributed by atoms with E-state index in [2.05, 4.69) is 38.1 Å². The molecule has 0 saturated heterocycles. The summed E-state index contributed by atoms with van der Waals surface area (Å²) in [5.41, 5.74) is 8.25. The molecule has 1 atom stereocenters. The quantitative estimate of drug-likeness (QED) is 0.907. The maximum Gasteiger partial charge on any atom is 0.239 e. The first-order valence-electron chi connectivity index (χ1n) is 7.14. The largest absolute Gasteiger partial charge is 0.334 e. The van der Waals surface area contributed by atoms with Gasteiger partial charge in [0.05, 0.1) is 6.04 Å². The first-order chi connectivity index (χ1) is 8.99. The summed E-state index contributed by atoms with van der Waals surface area (Å²) in [6.07, 6.45) is 2.23. The second-order valence-corrected chi connectivity index (χ2v) is 5.88. The van der Waals surface area contributed by atoms with E-state index < -0.39 is 6.04 Å². The Morgan fingerprint density at radius 1 is 1.25 bits per heavy atom. The number of carbonyl (C=O) groups excluding carboxylic acids is 1. The molecule has 1 aromatic rings. The van der Waals surface area contributed by atoms with Gasteiger partial charge in [-0.3, -0.25) is 4.79 Å². The third-order valence-corrected chi connectivity index (χ3v) is 3.66. The van der Waals surface area contributed by atoms with Crippen LogP contribution in [0.2, 0.25) is 0 Å². The highest BCUT2D eigenvalue weighted by Gasteiger charge is 2.33. The molecule has 20 heavy (non-hydrogen) atoms. The van der Waals surface area contributed by atoms with Crippen LogP contribution in [-0.4, -0.2) is 22.9 Å². The number of nitrogens with zero attached hydrogens (tertiary/aromatic N) is 1. The molecule has 1 fully saturated rings. The Morgan fingerprint density at radius 2 is 1.80 bits per heavy atom. The van der Waals surface area contributed by atoms with E-state index in [1.807, 2.05) is 4.90 Å². The number of amides is 1. The highest BCUT2D eigenvalue weighted by Crippen LogP contribution is 2.29. The summed E-state index contributed by atoms with van der Waals surface area (Å²) < 4.78 is 0. The van der Waals surface area contributed by atoms with Gasteiger partial charge in [-0.15, -0.1) is 12.4 Å². The summed E-state index contributed by atoms with van der Waals surface area (Å²) >= 11 is 0. The van der Waals surface area contributed by atoms with Gasteiger partial charge in [0.2, 0.25) is 5.91 Å². The number of rotatable bonds is 5. The molecule has 0 radical (unpaired) electrons. The van der Waals surface area contributed by atoms with Crippen LogP contribution in [0, 0.1) is 0 Å². The topological polar surface area (TPSA) is 46.3 Å². The van der Waals surface area contributed by atoms with E-state index in [9.17, 15) is 4.79 Å². The van der Waals surface area contributed by atoms with Gasteiger partial charge in [0.1, 0.15) is 0 Å². The number of halogens is 1. The molecular weight excluding hydrogens is 272 g/mol. The van der Waals surface area contributed by atoms with Crippen molar-refractivity contribution in [1.29, 1.82) is 0 Å². The number of carbonyl (C=O) groups is 1. The average molecular weight is 297 g/mol. The van der Waals surface area contributed by atoms with E-state index in [-0.39, 0.29) is 18.3 Å². The summed E-state index contributed by atoms with van der Waals surface area (Å²) in [5.74, 6) is 0.606. The normalized spacial score (nSPS) is 15.7. The molecule has 0 bridgehead atoms. The minimum Gasteiger partial charge on any atom is -0.334 e. The molecule has 0 spiro atoms. The van der Waals surface area contributed by atoms with Crippen LogP contribution in [-0.2, 0) is 11.3 Å². The van der Waals surface area contributed by atoms with Crippen molar-refractivity contribution in [2.45, 2.75) is 58.2 Å². The predicted octanol–water partition coefficient (Wildman–Crippen LogP) is 3.07. The summed E-state index contributed by atoms with van der Waals surface area (Å²) in [6, 6.07) is 8.56. The Labute approximate surface area is 127 Å². The van der Waals surface area contributed by atoms with Crippen LogP contribution in [0.25, 0.3) is 0 Å². The fourth-order valence-electron chi connectivity index (χ4n) is 2.24. The van der Waals surface area contributed by atoms with Gasteiger partial charge < -0.3 is 10.6 Å². The Morgan fingerprint density at radius 3 is 2.20 bits per heavy atom. The van der Waals surface area contributed by atoms with E-state index in [0.29, 0.717) is 18.5 Å². The third kappa shape index (κ3) is 4.22. The van der Waals surface area contributed by atoms with Crippen LogP contribution < -0.4 is 5.73 Å². The van der Waals surface area contributed by atoms with Gasteiger partial charge in [0.25, 0.3) is 0 Å². The van der Waals surface area contributed by atoms with Crippen molar-refractivity contribution >= 4 is 18.3 Å². The lowest BCUT2D eigenvalue weighted by Gasteiger charge is -2.24. The lowest BCUT2D eigenvalue weighted by atomic mass is 10.0. The Balaban J connectivity index is 0.00000200. The van der Waals surface area contributed by atoms with E-state index in [0.717, 1.165) is 12.8 Å². The summed E-state index contributed by atoms with van der Waals surface area (Å²) in [7, 11) is 0. The van der Waals surface area contributed by atoms with Gasteiger partial charge in [-0.25, -0.2) is 0 Å². The maximum atomic E-state index is 12.1. The Bertz CT molecular complexity index is 438. The van der Waals surface area contributed by atoms with Gasteiger partial charge in [0, 0.05) is 12.6 Å². The minimum atomic E-state index is -0.407. The molecule has 0 aliphatic heterocycles. The van der Waals surface area contributed by atoms with Gasteiger partial charge in [-0.2, -0.15) is 0 Å². The van der Waals surface area contributed by atoms with Gasteiger partial charge in [-0.1, -0.05) is 38.1 Å². The third-order valence-electron chi connectivity index (χ3n) is 3.66. The van der Waals surface area contributed by atoms with Crippen molar-refractivity contribution in [3.63, 3.8) is 0 Å². The van der Waals surface area contributed by atoms with Crippen LogP contribution >= 0.6 is 12.4 Å². The monoisotopic (exact) mass is 296 g/mol. The Hall–Kier alpha value is -1.06. The molecule has 2 rings (SSSR count). The lowest BCUT2D eigenvalue weighted by molar-refractivity contribution is -0.133. The zero-order valence-corrected chi connectivity index (χ0v) is 13.3. The van der Waals surface area contributed by atoms with Crippen molar-refractivity contribution in [2.24, 2.45) is 5.73 Å². The second-order valence-electron chi connectivity index (χ2n) is 5.88. The van der Waals surface area contributed by atoms with Crippen LogP contribution in [0.4, 0.5) is 0 Å². The van der Waals surface area contributed by atoms with E-state index in [4.69, 9.17) is 5.73 Å². The molecule has 0 heterocycles. The highest BCUT2D eigenvalue weighted by molar-refractivity contribution is 5.85. The molecule has 1 saturated carbocycles. The van der Waals surface area contributed by atoms with Crippen molar-refractivity contribution in [3.8, 4) is 0 Å². The molecule has 1 aliphatic rings. The van der Waals surface area contributed by atoms with Crippen LogP contribution in [0.5, 0.6) is 0 Å². The standard InChI is InChI=1S/C16H24N2O.ClH/c1-11(2)14-6-4-13(5-7-14)10-18(15-8-9-15)16(19)12(3)17;/h4-7,11-12,15H,8-10,17H2,1-3H3;1H/t12-;/m1./s1. The van der Waals surface area contributed by atoms with Crippen molar-refractivity contribution in [2.75, 3.05) is 0 Å². The first-order valence-corrected chi connectivity index (χ1v) is 7.14. The van der Waals surface area contributed by atoms with Crippen molar-refractivity contribution in [1.82, 2.24) is 4.90 Å². The number of nitrogens with two attached hydrogens (primary N) is 1. The fraction of sp³-hybridized carbons (Fsp3) is 0.562. The molecule has 1 amide bonds. The van der Waals surface area contributed by atoms with E-state index >= 15 is 0 Å². The highest BCUT2D eigenvalue weighted by atomic mass is 35.5. The van der Waals surface area contributed by atoms with Crippen LogP contribution in [0.15, 0.2) is 24.3 Å². The zero-order valence-electron chi connectivity index (χ0n) is 12.5. The molecular formula is C16H25ClN2O. The van der Waals surface area contributed by atoms with Gasteiger partial charge in [0.15, 0.2) is 0 Å². The van der Waals surface area contributed by atoms with Crippen molar-refractivity contribution in [3.05, 3.63) is 35.4 Å². The second kappa shape index (κ2) is 7.09. The van der Waals surface area contributed by atoms with Gasteiger partial charge >= 0.3 is 0 Å². The van der Waals surface area contributed by atoms with Crippen molar-refractivity contribution < 1.29 is 4.79 Å². The van der Waals surface area contributed by atoms with Crippen LogP contribution in [0.1, 0.15) is 50.7 Å². The number of hydrogen-bond donors (Lipinski definition) is 1. The zero-order chi connectivity index (χ0) is 14.0. The molecule has 1 aromatic carbocycles. The summed E-state index contributed by atoms with van der Waals surface area (Å²) in [6.45, 7) is 6.82. The average Bonchev–Trinajstić information content (AvgIpc) is 3.19. The first kappa shape index (κ1) is 17.0. The molecule has 1 aliphatic carbocycles. The molecule has 4 heteroatoms. The van der Waals surface area contributed by atoms with E-state index in [1.54, 1.807) is 6.92 Å². The lowest BCUT2D eigenvalue weighted by Crippen LogP contribution is -2.42. The minimum absolute atomic E-state index is 0. The fourth-order valence-corrected chi connectivity index (χ4v) is 2.24.